The first-order chi connectivity index (χ1) is 9.49. The molecule has 0 fully saturated rings. The number of halogens is 1. The zero-order valence-corrected chi connectivity index (χ0v) is 13.1. The van der Waals surface area contributed by atoms with Crippen LogP contribution >= 0.6 is 11.6 Å². The molecule has 20 heavy (non-hydrogen) atoms. The number of ether oxygens (including phenoxy) is 1. The second-order valence-electron chi connectivity index (χ2n) is 5.04. The third kappa shape index (κ3) is 3.48. The van der Waals surface area contributed by atoms with Crippen molar-refractivity contribution in [3.8, 4) is 11.6 Å². The van der Waals surface area contributed by atoms with Gasteiger partial charge in [0.05, 0.1) is 0 Å². The van der Waals surface area contributed by atoms with Crippen LogP contribution in [0.1, 0.15) is 35.9 Å². The van der Waals surface area contributed by atoms with Gasteiger partial charge in [0.2, 0.25) is 5.88 Å². The Morgan fingerprint density at radius 2 is 1.70 bits per heavy atom. The number of aryl methyl sites for hydroxylation is 3. The van der Waals surface area contributed by atoms with Gasteiger partial charge in [-0.05, 0) is 50.5 Å². The van der Waals surface area contributed by atoms with Gasteiger partial charge in [-0.15, -0.1) is 0 Å². The van der Waals surface area contributed by atoms with E-state index in [1.54, 1.807) is 0 Å². The molecule has 2 aromatic rings. The maximum Gasteiger partial charge on any atom is 0.226 e. The fraction of sp³-hybridized carbons (Fsp3) is 0.375. The third-order valence-electron chi connectivity index (χ3n) is 2.97. The lowest BCUT2D eigenvalue weighted by atomic mass is 10.1. The molecule has 0 aliphatic rings. The summed E-state index contributed by atoms with van der Waals surface area (Å²) in [6.45, 7) is 8.04. The fourth-order valence-corrected chi connectivity index (χ4v) is 2.23. The van der Waals surface area contributed by atoms with E-state index in [2.05, 4.69) is 23.0 Å². The highest BCUT2D eigenvalue weighted by atomic mass is 35.5. The van der Waals surface area contributed by atoms with E-state index >= 15 is 0 Å². The summed E-state index contributed by atoms with van der Waals surface area (Å²) < 4.78 is 5.90. The molecule has 3 nitrogen and oxygen atoms in total. The highest BCUT2D eigenvalue weighted by molar-refractivity contribution is 6.30. The molecule has 4 heteroatoms. The van der Waals surface area contributed by atoms with Crippen LogP contribution in [0.3, 0.4) is 0 Å². The smallest absolute Gasteiger partial charge is 0.226 e. The number of aromatic nitrogens is 2. The van der Waals surface area contributed by atoms with Gasteiger partial charge < -0.3 is 4.74 Å². The molecule has 106 valence electrons. The highest BCUT2D eigenvalue weighted by Crippen LogP contribution is 2.28. The SMILES string of the molecule is CCCc1nc(Cl)c(C)c(Oc2cc(C)cc(C)c2)n1. The average molecular weight is 291 g/mol. The summed E-state index contributed by atoms with van der Waals surface area (Å²) in [5.41, 5.74) is 3.09. The summed E-state index contributed by atoms with van der Waals surface area (Å²) in [7, 11) is 0. The number of hydrogen-bond donors (Lipinski definition) is 0. The lowest BCUT2D eigenvalue weighted by Gasteiger charge is -2.11. The Labute approximate surface area is 125 Å². The molecule has 0 amide bonds. The van der Waals surface area contributed by atoms with Crippen molar-refractivity contribution in [1.29, 1.82) is 0 Å². The van der Waals surface area contributed by atoms with E-state index in [-0.39, 0.29) is 0 Å². The van der Waals surface area contributed by atoms with Crippen molar-refractivity contribution in [3.05, 3.63) is 45.9 Å². The van der Waals surface area contributed by atoms with Crippen LogP contribution in [0.5, 0.6) is 11.6 Å². The maximum absolute atomic E-state index is 6.15. The molecule has 1 aromatic carbocycles. The van der Waals surface area contributed by atoms with Crippen molar-refractivity contribution in [1.82, 2.24) is 9.97 Å². The summed E-state index contributed by atoms with van der Waals surface area (Å²) >= 11 is 6.15. The summed E-state index contributed by atoms with van der Waals surface area (Å²) in [4.78, 5) is 8.73. The normalized spacial score (nSPS) is 10.7. The molecule has 0 saturated heterocycles. The van der Waals surface area contributed by atoms with E-state index in [0.29, 0.717) is 11.0 Å². The minimum Gasteiger partial charge on any atom is -0.439 e. The lowest BCUT2D eigenvalue weighted by Crippen LogP contribution is -2.01. The molecule has 0 atom stereocenters. The third-order valence-corrected chi connectivity index (χ3v) is 3.34. The number of rotatable bonds is 4. The summed E-state index contributed by atoms with van der Waals surface area (Å²) in [6, 6.07) is 6.08. The van der Waals surface area contributed by atoms with Crippen molar-refractivity contribution in [2.75, 3.05) is 0 Å². The van der Waals surface area contributed by atoms with Crippen molar-refractivity contribution >= 4 is 11.6 Å². The molecular formula is C16H19ClN2O. The summed E-state index contributed by atoms with van der Waals surface area (Å²) in [5, 5.41) is 0.461. The van der Waals surface area contributed by atoms with Crippen LogP contribution in [0.4, 0.5) is 0 Å². The van der Waals surface area contributed by atoms with Crippen LogP contribution in [0.25, 0.3) is 0 Å². The van der Waals surface area contributed by atoms with Gasteiger partial charge in [0.15, 0.2) is 0 Å². The molecule has 0 N–H and O–H groups in total. The zero-order chi connectivity index (χ0) is 14.7. The second-order valence-corrected chi connectivity index (χ2v) is 5.39. The topological polar surface area (TPSA) is 35.0 Å². The van der Waals surface area contributed by atoms with E-state index in [1.165, 1.54) is 0 Å². The molecule has 0 saturated carbocycles. The Kier molecular flexibility index (Phi) is 4.61. The van der Waals surface area contributed by atoms with Crippen LogP contribution in [0.2, 0.25) is 5.15 Å². The summed E-state index contributed by atoms with van der Waals surface area (Å²) in [6.07, 6.45) is 1.77. The minimum atomic E-state index is 0.461. The van der Waals surface area contributed by atoms with Crippen molar-refractivity contribution < 1.29 is 4.74 Å². The quantitative estimate of drug-likeness (QED) is 0.759. The van der Waals surface area contributed by atoms with E-state index in [4.69, 9.17) is 16.3 Å². The first kappa shape index (κ1) is 14.8. The Morgan fingerprint density at radius 1 is 1.05 bits per heavy atom. The predicted octanol–water partition coefficient (Wildman–Crippen LogP) is 4.80. The van der Waals surface area contributed by atoms with Crippen molar-refractivity contribution in [3.63, 3.8) is 0 Å². The maximum atomic E-state index is 6.15. The minimum absolute atomic E-state index is 0.461. The molecule has 0 unspecified atom stereocenters. The molecule has 0 radical (unpaired) electrons. The van der Waals surface area contributed by atoms with Crippen LogP contribution in [-0.4, -0.2) is 9.97 Å². The van der Waals surface area contributed by atoms with Crippen LogP contribution in [-0.2, 0) is 6.42 Å². The lowest BCUT2D eigenvalue weighted by molar-refractivity contribution is 0.453. The van der Waals surface area contributed by atoms with Crippen molar-refractivity contribution in [2.24, 2.45) is 0 Å². The number of hydrogen-bond acceptors (Lipinski definition) is 3. The van der Waals surface area contributed by atoms with Crippen LogP contribution in [0.15, 0.2) is 18.2 Å². The standard InChI is InChI=1S/C16H19ClN2O/c1-5-6-14-18-15(17)12(4)16(19-14)20-13-8-10(2)7-11(3)9-13/h7-9H,5-6H2,1-4H3. The Bertz CT molecular complexity index is 606. The first-order valence-electron chi connectivity index (χ1n) is 6.78. The Hall–Kier alpha value is -1.61. The molecule has 0 aliphatic carbocycles. The average Bonchev–Trinajstić information content (AvgIpc) is 2.34. The fourth-order valence-electron chi connectivity index (χ4n) is 2.05. The van der Waals surface area contributed by atoms with Gasteiger partial charge in [-0.3, -0.25) is 0 Å². The number of nitrogens with zero attached hydrogens (tertiary/aromatic N) is 2. The van der Waals surface area contributed by atoms with Gasteiger partial charge >= 0.3 is 0 Å². The van der Waals surface area contributed by atoms with E-state index in [1.807, 2.05) is 32.9 Å². The molecule has 0 bridgehead atoms. The largest absolute Gasteiger partial charge is 0.439 e. The van der Waals surface area contributed by atoms with E-state index < -0.39 is 0 Å². The van der Waals surface area contributed by atoms with Gasteiger partial charge in [0.25, 0.3) is 0 Å². The van der Waals surface area contributed by atoms with Gasteiger partial charge in [0, 0.05) is 12.0 Å². The monoisotopic (exact) mass is 290 g/mol. The number of benzene rings is 1. The molecule has 0 spiro atoms. The predicted molar refractivity (Wildman–Crippen MR) is 81.8 cm³/mol. The van der Waals surface area contributed by atoms with E-state index in [0.717, 1.165) is 41.1 Å². The van der Waals surface area contributed by atoms with E-state index in [9.17, 15) is 0 Å². The molecular weight excluding hydrogens is 272 g/mol. The first-order valence-corrected chi connectivity index (χ1v) is 7.16. The van der Waals surface area contributed by atoms with Gasteiger partial charge in [-0.1, -0.05) is 24.6 Å². The van der Waals surface area contributed by atoms with Crippen LogP contribution < -0.4 is 4.74 Å². The van der Waals surface area contributed by atoms with Crippen LogP contribution in [0, 0.1) is 20.8 Å². The van der Waals surface area contributed by atoms with Gasteiger partial charge in [0.1, 0.15) is 16.7 Å². The molecule has 1 heterocycles. The Balaban J connectivity index is 2.36. The zero-order valence-electron chi connectivity index (χ0n) is 12.3. The van der Waals surface area contributed by atoms with Gasteiger partial charge in [-0.2, -0.15) is 4.98 Å². The molecule has 0 aliphatic heterocycles. The molecule has 1 aromatic heterocycles. The summed E-state index contributed by atoms with van der Waals surface area (Å²) in [5.74, 6) is 2.05. The Morgan fingerprint density at radius 3 is 2.30 bits per heavy atom. The highest BCUT2D eigenvalue weighted by Gasteiger charge is 2.11. The van der Waals surface area contributed by atoms with Gasteiger partial charge in [-0.25, -0.2) is 4.98 Å². The molecule has 2 rings (SSSR count). The second kappa shape index (κ2) is 6.23. The van der Waals surface area contributed by atoms with Crippen molar-refractivity contribution in [2.45, 2.75) is 40.5 Å².